The molecule has 2 aliphatic rings. The molecule has 32 heavy (non-hydrogen) atoms. The minimum absolute atomic E-state index is 0.0863. The van der Waals surface area contributed by atoms with Gasteiger partial charge in [-0.25, -0.2) is 0 Å². The number of nitrogens with zero attached hydrogens (tertiary/aromatic N) is 2. The highest BCUT2D eigenvalue weighted by atomic mass is 32.1. The van der Waals surface area contributed by atoms with Gasteiger partial charge in [-0.15, -0.1) is 11.3 Å². The maximum absolute atomic E-state index is 13.4. The third-order valence-corrected chi connectivity index (χ3v) is 7.79. The van der Waals surface area contributed by atoms with Gasteiger partial charge in [0, 0.05) is 11.9 Å². The predicted molar refractivity (Wildman–Crippen MR) is 127 cm³/mol. The molecule has 1 saturated carbocycles. The van der Waals surface area contributed by atoms with Gasteiger partial charge in [-0.1, -0.05) is 36.4 Å². The Morgan fingerprint density at radius 2 is 1.84 bits per heavy atom. The number of rotatable bonds is 4. The molecule has 2 heterocycles. The van der Waals surface area contributed by atoms with E-state index in [0.717, 1.165) is 21.6 Å². The molecular formula is C26H24N4OS. The highest BCUT2D eigenvalue weighted by molar-refractivity contribution is 7.10. The van der Waals surface area contributed by atoms with Gasteiger partial charge in [0.05, 0.1) is 23.1 Å². The zero-order valence-corrected chi connectivity index (χ0v) is 18.9. The lowest BCUT2D eigenvalue weighted by Gasteiger charge is -2.45. The van der Waals surface area contributed by atoms with E-state index >= 15 is 0 Å². The van der Waals surface area contributed by atoms with Crippen LogP contribution in [0.1, 0.15) is 53.2 Å². The lowest BCUT2D eigenvalue weighted by Crippen LogP contribution is -2.62. The number of guanidine groups is 1. The number of benzene rings is 2. The van der Waals surface area contributed by atoms with Crippen molar-refractivity contribution >= 4 is 23.2 Å². The molecule has 5 rings (SSSR count). The summed E-state index contributed by atoms with van der Waals surface area (Å²) >= 11 is 1.57. The summed E-state index contributed by atoms with van der Waals surface area (Å²) < 4.78 is 0. The van der Waals surface area contributed by atoms with Gasteiger partial charge in [0.1, 0.15) is 0 Å². The normalized spacial score (nSPS) is 23.0. The van der Waals surface area contributed by atoms with Crippen LogP contribution in [-0.4, -0.2) is 23.8 Å². The fraction of sp³-hybridized carbons (Fsp3) is 0.269. The van der Waals surface area contributed by atoms with Crippen LogP contribution in [0.2, 0.25) is 0 Å². The van der Waals surface area contributed by atoms with Crippen molar-refractivity contribution in [3.05, 3.63) is 81.5 Å². The number of carbonyl (C=O) groups is 1. The number of hydrogen-bond acceptors (Lipinski definition) is 4. The van der Waals surface area contributed by atoms with Crippen LogP contribution >= 0.6 is 11.3 Å². The molecule has 1 aromatic heterocycles. The van der Waals surface area contributed by atoms with E-state index in [4.69, 9.17) is 5.41 Å². The summed E-state index contributed by atoms with van der Waals surface area (Å²) in [7, 11) is 1.65. The maximum Gasteiger partial charge on any atom is 0.239 e. The van der Waals surface area contributed by atoms with Gasteiger partial charge in [-0.05, 0) is 71.5 Å². The van der Waals surface area contributed by atoms with E-state index < -0.39 is 11.5 Å². The van der Waals surface area contributed by atoms with E-state index in [9.17, 15) is 10.1 Å². The SMILES string of the molecule is CN1C(=N)N[C@](C)(c2cc(-c3cccc(C#N)c3)cs2)[C@@H](c2ccc(C3CC3)cc2)C1=O. The summed E-state index contributed by atoms with van der Waals surface area (Å²) in [5.41, 5.74) is 4.13. The van der Waals surface area contributed by atoms with Crippen LogP contribution in [0.3, 0.4) is 0 Å². The molecule has 160 valence electrons. The van der Waals surface area contributed by atoms with Gasteiger partial charge in [-0.2, -0.15) is 5.26 Å². The van der Waals surface area contributed by atoms with Gasteiger partial charge < -0.3 is 5.32 Å². The molecule has 2 atom stereocenters. The number of nitriles is 1. The Bertz CT molecular complexity index is 1250. The number of thiophene rings is 1. The topological polar surface area (TPSA) is 80.0 Å². The third-order valence-electron chi connectivity index (χ3n) is 6.62. The third kappa shape index (κ3) is 3.39. The van der Waals surface area contributed by atoms with Gasteiger partial charge in [0.2, 0.25) is 5.91 Å². The number of carbonyl (C=O) groups excluding carboxylic acids is 1. The minimum Gasteiger partial charge on any atom is -0.345 e. The highest BCUT2D eigenvalue weighted by Gasteiger charge is 2.49. The van der Waals surface area contributed by atoms with Crippen LogP contribution in [0.5, 0.6) is 0 Å². The summed E-state index contributed by atoms with van der Waals surface area (Å²) in [5.74, 6) is 0.226. The van der Waals surface area contributed by atoms with Crippen LogP contribution in [0.15, 0.2) is 60.0 Å². The van der Waals surface area contributed by atoms with Crippen molar-refractivity contribution < 1.29 is 4.79 Å². The zero-order chi connectivity index (χ0) is 22.5. The minimum atomic E-state index is -0.752. The average molecular weight is 441 g/mol. The molecule has 1 aliphatic heterocycles. The molecule has 6 heteroatoms. The van der Waals surface area contributed by atoms with E-state index in [1.807, 2.05) is 25.1 Å². The summed E-state index contributed by atoms with van der Waals surface area (Å²) in [5, 5.41) is 23.0. The van der Waals surface area contributed by atoms with Crippen molar-refractivity contribution in [3.63, 3.8) is 0 Å². The molecule has 2 aromatic carbocycles. The number of hydrogen-bond donors (Lipinski definition) is 2. The summed E-state index contributed by atoms with van der Waals surface area (Å²) in [6, 6.07) is 20.2. The van der Waals surface area contributed by atoms with E-state index in [2.05, 4.69) is 47.1 Å². The first-order chi connectivity index (χ1) is 15.4. The molecule has 2 fully saturated rings. The summed E-state index contributed by atoms with van der Waals surface area (Å²) in [4.78, 5) is 15.8. The number of amides is 1. The molecule has 5 nitrogen and oxygen atoms in total. The molecular weight excluding hydrogens is 416 g/mol. The van der Waals surface area contributed by atoms with Gasteiger partial charge in [0.15, 0.2) is 5.96 Å². The van der Waals surface area contributed by atoms with Crippen molar-refractivity contribution in [1.82, 2.24) is 10.2 Å². The average Bonchev–Trinajstić information content (AvgIpc) is 3.53. The molecule has 0 spiro atoms. The monoisotopic (exact) mass is 440 g/mol. The second kappa shape index (κ2) is 7.61. The quantitative estimate of drug-likeness (QED) is 0.588. The molecule has 0 bridgehead atoms. The van der Waals surface area contributed by atoms with Crippen LogP contribution < -0.4 is 5.32 Å². The van der Waals surface area contributed by atoms with Crippen LogP contribution in [0.25, 0.3) is 11.1 Å². The van der Waals surface area contributed by atoms with E-state index in [1.54, 1.807) is 24.5 Å². The molecule has 2 N–H and O–H groups in total. The second-order valence-electron chi connectivity index (χ2n) is 8.84. The van der Waals surface area contributed by atoms with Crippen molar-refractivity contribution in [2.24, 2.45) is 0 Å². The highest BCUT2D eigenvalue weighted by Crippen LogP contribution is 2.45. The first-order valence-electron chi connectivity index (χ1n) is 10.7. The Morgan fingerprint density at radius 1 is 1.12 bits per heavy atom. The molecule has 1 saturated heterocycles. The fourth-order valence-electron chi connectivity index (χ4n) is 4.54. The van der Waals surface area contributed by atoms with Gasteiger partial charge in [-0.3, -0.25) is 15.1 Å². The fourth-order valence-corrected chi connectivity index (χ4v) is 5.60. The second-order valence-corrected chi connectivity index (χ2v) is 9.75. The Balaban J connectivity index is 1.56. The van der Waals surface area contributed by atoms with Crippen LogP contribution in [0.4, 0.5) is 0 Å². The Labute approximate surface area is 191 Å². The standard InChI is InChI=1S/C26H24N4OS/c1-26(22-13-21(15-32-22)20-5-3-4-16(12-20)14-27)23(24(31)30(2)25(28)29-26)19-10-8-18(9-11-19)17-6-7-17/h3-5,8-13,15,17,23H,6-7H2,1-2H3,(H2,28,29)/t23-,26+/m0/s1. The lowest BCUT2D eigenvalue weighted by molar-refractivity contribution is -0.131. The number of likely N-dealkylation sites (N-methyl/N-ethyl adjacent to an activating group) is 1. The lowest BCUT2D eigenvalue weighted by atomic mass is 9.76. The molecule has 0 radical (unpaired) electrons. The van der Waals surface area contributed by atoms with Gasteiger partial charge >= 0.3 is 0 Å². The smallest absolute Gasteiger partial charge is 0.239 e. The first kappa shape index (κ1) is 20.5. The molecule has 0 unspecified atom stereocenters. The van der Waals surface area contributed by atoms with Crippen molar-refractivity contribution in [2.45, 2.75) is 37.1 Å². The van der Waals surface area contributed by atoms with Crippen molar-refractivity contribution in [3.8, 4) is 17.2 Å². The molecule has 1 aliphatic carbocycles. The number of nitrogens with one attached hydrogen (secondary N) is 2. The predicted octanol–water partition coefficient (Wildman–Crippen LogP) is 5.16. The zero-order valence-electron chi connectivity index (χ0n) is 18.1. The Hall–Kier alpha value is -3.43. The molecule has 1 amide bonds. The Morgan fingerprint density at radius 3 is 2.53 bits per heavy atom. The van der Waals surface area contributed by atoms with Crippen molar-refractivity contribution in [2.75, 3.05) is 7.05 Å². The first-order valence-corrected chi connectivity index (χ1v) is 11.6. The van der Waals surface area contributed by atoms with Crippen LogP contribution in [-0.2, 0) is 10.3 Å². The van der Waals surface area contributed by atoms with Gasteiger partial charge in [0.25, 0.3) is 0 Å². The Kier molecular flexibility index (Phi) is 4.87. The summed E-state index contributed by atoms with van der Waals surface area (Å²) in [6.07, 6.45) is 2.48. The van der Waals surface area contributed by atoms with Crippen molar-refractivity contribution in [1.29, 1.82) is 10.7 Å². The van der Waals surface area contributed by atoms with Crippen LogP contribution in [0, 0.1) is 16.7 Å². The van der Waals surface area contributed by atoms with E-state index in [1.165, 1.54) is 23.3 Å². The largest absolute Gasteiger partial charge is 0.345 e. The summed E-state index contributed by atoms with van der Waals surface area (Å²) in [6.45, 7) is 2.01. The van der Waals surface area contributed by atoms with E-state index in [-0.39, 0.29) is 11.9 Å². The molecule has 3 aromatic rings. The van der Waals surface area contributed by atoms with E-state index in [0.29, 0.717) is 11.5 Å². The maximum atomic E-state index is 13.4.